The van der Waals surface area contributed by atoms with Gasteiger partial charge in [-0.3, -0.25) is 14.5 Å². The van der Waals surface area contributed by atoms with Crippen LogP contribution < -0.4 is 0 Å². The minimum absolute atomic E-state index is 0.0289. The number of carbonyl (C=O) groups is 3. The highest BCUT2D eigenvalue weighted by Crippen LogP contribution is 2.20. The topological polar surface area (TPSA) is 72.9 Å². The van der Waals surface area contributed by atoms with E-state index >= 15 is 0 Å². The second-order valence-electron chi connectivity index (χ2n) is 6.11. The van der Waals surface area contributed by atoms with Gasteiger partial charge in [0.2, 0.25) is 0 Å². The predicted octanol–water partition coefficient (Wildman–Crippen LogP) is 1.56. The molecule has 0 aliphatic carbocycles. The van der Waals surface area contributed by atoms with Gasteiger partial charge in [-0.15, -0.1) is 0 Å². The molecule has 6 heteroatoms. The van der Waals surface area contributed by atoms with Gasteiger partial charge in [0.05, 0.1) is 25.3 Å². The SMILES string of the molecule is CC(=O)C(=O)CC1COCC(C)N1C(=O)OC(C)(C)C. The first-order chi connectivity index (χ1) is 9.11. The van der Waals surface area contributed by atoms with Gasteiger partial charge in [-0.25, -0.2) is 4.79 Å². The van der Waals surface area contributed by atoms with Gasteiger partial charge in [0.25, 0.3) is 0 Å². The van der Waals surface area contributed by atoms with E-state index in [4.69, 9.17) is 9.47 Å². The first kappa shape index (κ1) is 16.6. The molecule has 0 saturated carbocycles. The lowest BCUT2D eigenvalue weighted by molar-refractivity contribution is -0.137. The Labute approximate surface area is 119 Å². The fraction of sp³-hybridized carbons (Fsp3) is 0.786. The number of carbonyl (C=O) groups excluding carboxylic acids is 3. The molecule has 1 fully saturated rings. The quantitative estimate of drug-likeness (QED) is 0.736. The van der Waals surface area contributed by atoms with E-state index in [1.54, 1.807) is 20.8 Å². The van der Waals surface area contributed by atoms with Crippen LogP contribution in [0.4, 0.5) is 4.79 Å². The van der Waals surface area contributed by atoms with Crippen LogP contribution in [-0.2, 0) is 19.1 Å². The summed E-state index contributed by atoms with van der Waals surface area (Å²) in [7, 11) is 0. The van der Waals surface area contributed by atoms with Gasteiger partial charge in [-0.05, 0) is 27.7 Å². The number of Topliss-reactive ketones (excluding diaryl/α,β-unsaturated/α-hetero) is 2. The van der Waals surface area contributed by atoms with Crippen molar-refractivity contribution in [1.29, 1.82) is 0 Å². The molecule has 1 saturated heterocycles. The second-order valence-corrected chi connectivity index (χ2v) is 6.11. The number of ketones is 2. The van der Waals surface area contributed by atoms with Crippen LogP contribution >= 0.6 is 0 Å². The van der Waals surface area contributed by atoms with Gasteiger partial charge < -0.3 is 9.47 Å². The predicted molar refractivity (Wildman–Crippen MR) is 72.4 cm³/mol. The maximum Gasteiger partial charge on any atom is 0.410 e. The average molecular weight is 285 g/mol. The largest absolute Gasteiger partial charge is 0.444 e. The zero-order valence-electron chi connectivity index (χ0n) is 12.8. The molecule has 1 heterocycles. The first-order valence-corrected chi connectivity index (χ1v) is 6.74. The Balaban J connectivity index is 2.82. The van der Waals surface area contributed by atoms with Crippen molar-refractivity contribution in [2.24, 2.45) is 0 Å². The monoisotopic (exact) mass is 285 g/mol. The first-order valence-electron chi connectivity index (χ1n) is 6.74. The molecular weight excluding hydrogens is 262 g/mol. The van der Waals surface area contributed by atoms with Crippen molar-refractivity contribution < 1.29 is 23.9 Å². The maximum atomic E-state index is 12.2. The summed E-state index contributed by atoms with van der Waals surface area (Å²) < 4.78 is 10.7. The van der Waals surface area contributed by atoms with Crippen molar-refractivity contribution in [3.63, 3.8) is 0 Å². The Bertz CT molecular complexity index is 399. The van der Waals surface area contributed by atoms with Gasteiger partial charge in [0.15, 0.2) is 11.6 Å². The van der Waals surface area contributed by atoms with Crippen LogP contribution in [0.25, 0.3) is 0 Å². The summed E-state index contributed by atoms with van der Waals surface area (Å²) in [5.41, 5.74) is -0.607. The Morgan fingerprint density at radius 1 is 1.25 bits per heavy atom. The zero-order valence-corrected chi connectivity index (χ0v) is 12.8. The molecule has 0 N–H and O–H groups in total. The Morgan fingerprint density at radius 3 is 2.35 bits per heavy atom. The minimum Gasteiger partial charge on any atom is -0.444 e. The molecule has 1 aliphatic heterocycles. The number of hydrogen-bond acceptors (Lipinski definition) is 5. The molecule has 1 rings (SSSR count). The number of morpholine rings is 1. The van der Waals surface area contributed by atoms with Crippen LogP contribution in [0.15, 0.2) is 0 Å². The van der Waals surface area contributed by atoms with Crippen molar-refractivity contribution in [2.45, 2.75) is 58.7 Å². The summed E-state index contributed by atoms with van der Waals surface area (Å²) in [5.74, 6) is -1.01. The molecule has 0 aromatic heterocycles. The van der Waals surface area contributed by atoms with Crippen molar-refractivity contribution >= 4 is 17.7 Å². The van der Waals surface area contributed by atoms with Gasteiger partial charge in [0, 0.05) is 13.3 Å². The van der Waals surface area contributed by atoms with Crippen LogP contribution in [-0.4, -0.2) is 53.5 Å². The molecule has 0 spiro atoms. The van der Waals surface area contributed by atoms with Crippen LogP contribution in [0, 0.1) is 0 Å². The minimum atomic E-state index is -0.607. The van der Waals surface area contributed by atoms with Crippen LogP contribution in [0.5, 0.6) is 0 Å². The highest BCUT2D eigenvalue weighted by molar-refractivity contribution is 6.36. The molecule has 6 nitrogen and oxygen atoms in total. The van der Waals surface area contributed by atoms with Gasteiger partial charge >= 0.3 is 6.09 Å². The molecule has 2 unspecified atom stereocenters. The number of nitrogens with zero attached hydrogens (tertiary/aromatic N) is 1. The van der Waals surface area contributed by atoms with Crippen molar-refractivity contribution in [3.8, 4) is 0 Å². The highest BCUT2D eigenvalue weighted by atomic mass is 16.6. The van der Waals surface area contributed by atoms with E-state index in [1.165, 1.54) is 11.8 Å². The summed E-state index contributed by atoms with van der Waals surface area (Å²) in [6, 6.07) is -0.645. The van der Waals surface area contributed by atoms with E-state index in [1.807, 2.05) is 6.92 Å². The molecule has 114 valence electrons. The standard InChI is InChI=1S/C14H23NO5/c1-9-7-19-8-11(6-12(17)10(2)16)15(9)13(18)20-14(3,4)5/h9,11H,6-8H2,1-5H3. The van der Waals surface area contributed by atoms with E-state index in [0.29, 0.717) is 6.61 Å². The zero-order chi connectivity index (χ0) is 15.5. The Hall–Kier alpha value is -1.43. The molecule has 1 amide bonds. The third kappa shape index (κ3) is 4.59. The second kappa shape index (κ2) is 6.35. The third-order valence-electron chi connectivity index (χ3n) is 2.96. The molecule has 2 atom stereocenters. The molecule has 0 radical (unpaired) electrons. The van der Waals surface area contributed by atoms with Crippen LogP contribution in [0.2, 0.25) is 0 Å². The summed E-state index contributed by atoms with van der Waals surface area (Å²) in [5, 5.41) is 0. The molecule has 0 aromatic carbocycles. The highest BCUT2D eigenvalue weighted by Gasteiger charge is 2.36. The lowest BCUT2D eigenvalue weighted by atomic mass is 10.0. The van der Waals surface area contributed by atoms with Crippen LogP contribution in [0.1, 0.15) is 41.0 Å². The summed E-state index contributed by atoms with van der Waals surface area (Å²) in [6.07, 6.45) is -0.506. The van der Waals surface area contributed by atoms with E-state index in [0.717, 1.165) is 0 Å². The summed E-state index contributed by atoms with van der Waals surface area (Å²) in [4.78, 5) is 36.4. The Kier molecular flexibility index (Phi) is 5.28. The third-order valence-corrected chi connectivity index (χ3v) is 2.96. The molecule has 0 aromatic rings. The van der Waals surface area contributed by atoms with Crippen molar-refractivity contribution in [3.05, 3.63) is 0 Å². The van der Waals surface area contributed by atoms with E-state index in [9.17, 15) is 14.4 Å². The number of hydrogen-bond donors (Lipinski definition) is 0. The molecule has 1 aliphatic rings. The van der Waals surface area contributed by atoms with Gasteiger partial charge in [0.1, 0.15) is 5.60 Å². The number of rotatable bonds is 3. The van der Waals surface area contributed by atoms with Crippen molar-refractivity contribution in [1.82, 2.24) is 4.90 Å². The van der Waals surface area contributed by atoms with E-state index in [-0.39, 0.29) is 19.1 Å². The average Bonchev–Trinajstić information content (AvgIpc) is 2.26. The normalized spacial score (nSPS) is 23.4. The van der Waals surface area contributed by atoms with E-state index < -0.39 is 29.3 Å². The maximum absolute atomic E-state index is 12.2. The molecule has 20 heavy (non-hydrogen) atoms. The summed E-state index contributed by atoms with van der Waals surface area (Å²) in [6.45, 7) is 9.04. The lowest BCUT2D eigenvalue weighted by Crippen LogP contribution is -2.55. The fourth-order valence-corrected chi connectivity index (χ4v) is 2.05. The summed E-state index contributed by atoms with van der Waals surface area (Å²) >= 11 is 0. The molecular formula is C14H23NO5. The van der Waals surface area contributed by atoms with E-state index in [2.05, 4.69) is 0 Å². The van der Waals surface area contributed by atoms with Crippen LogP contribution in [0.3, 0.4) is 0 Å². The lowest BCUT2D eigenvalue weighted by Gasteiger charge is -2.40. The smallest absolute Gasteiger partial charge is 0.410 e. The van der Waals surface area contributed by atoms with Crippen molar-refractivity contribution in [2.75, 3.05) is 13.2 Å². The number of ether oxygens (including phenoxy) is 2. The van der Waals surface area contributed by atoms with Gasteiger partial charge in [-0.2, -0.15) is 0 Å². The fourth-order valence-electron chi connectivity index (χ4n) is 2.05. The number of amides is 1. The molecule has 0 bridgehead atoms. The Morgan fingerprint density at radius 2 is 1.85 bits per heavy atom. The van der Waals surface area contributed by atoms with Gasteiger partial charge in [-0.1, -0.05) is 0 Å².